The van der Waals surface area contributed by atoms with Gasteiger partial charge in [0.05, 0.1) is 12.1 Å². The summed E-state index contributed by atoms with van der Waals surface area (Å²) in [7, 11) is 0. The number of aliphatic hydroxyl groups is 1. The van der Waals surface area contributed by atoms with Crippen molar-refractivity contribution >= 4 is 10.9 Å². The van der Waals surface area contributed by atoms with Crippen molar-refractivity contribution in [1.82, 2.24) is 4.98 Å². The Balaban J connectivity index is 2.55. The third kappa shape index (κ3) is 2.12. The molecule has 0 aliphatic rings. The van der Waals surface area contributed by atoms with Crippen molar-refractivity contribution in [3.8, 4) is 5.75 Å². The van der Waals surface area contributed by atoms with E-state index in [2.05, 4.69) is 4.98 Å². The number of pyridine rings is 1. The Kier molecular flexibility index (Phi) is 3.01. The molecule has 4 heteroatoms. The van der Waals surface area contributed by atoms with Crippen LogP contribution in [-0.2, 0) is 0 Å². The molecule has 16 heavy (non-hydrogen) atoms. The zero-order valence-corrected chi connectivity index (χ0v) is 8.90. The number of hydrogen-bond donors (Lipinski definition) is 1. The van der Waals surface area contributed by atoms with Crippen LogP contribution in [0.5, 0.6) is 5.75 Å². The predicted molar refractivity (Wildman–Crippen MR) is 59.0 cm³/mol. The summed E-state index contributed by atoms with van der Waals surface area (Å²) in [6, 6.07) is 6.10. The average molecular weight is 221 g/mol. The first-order valence-electron chi connectivity index (χ1n) is 5.01. The van der Waals surface area contributed by atoms with Gasteiger partial charge in [0.15, 0.2) is 0 Å². The lowest BCUT2D eigenvalue weighted by Gasteiger charge is -2.09. The minimum Gasteiger partial charge on any atom is -0.490 e. The molecule has 1 aromatic heterocycles. The van der Waals surface area contributed by atoms with Gasteiger partial charge in [-0.1, -0.05) is 0 Å². The van der Waals surface area contributed by atoms with E-state index < -0.39 is 0 Å². The summed E-state index contributed by atoms with van der Waals surface area (Å²) in [5, 5.41) is 9.33. The van der Waals surface area contributed by atoms with Gasteiger partial charge in [-0.15, -0.1) is 0 Å². The summed E-state index contributed by atoms with van der Waals surface area (Å²) in [5.41, 5.74) is 1.49. The van der Waals surface area contributed by atoms with Crippen LogP contribution in [0, 0.1) is 12.7 Å². The molecule has 2 rings (SSSR count). The van der Waals surface area contributed by atoms with Gasteiger partial charge in [-0.05, 0) is 25.1 Å². The third-order valence-electron chi connectivity index (χ3n) is 2.21. The Morgan fingerprint density at radius 3 is 2.94 bits per heavy atom. The van der Waals surface area contributed by atoms with Crippen LogP contribution in [0.1, 0.15) is 5.69 Å². The Morgan fingerprint density at radius 2 is 2.19 bits per heavy atom. The summed E-state index contributed by atoms with van der Waals surface area (Å²) >= 11 is 0. The number of aryl methyl sites for hydroxylation is 1. The van der Waals surface area contributed by atoms with Gasteiger partial charge in [0.25, 0.3) is 0 Å². The molecule has 84 valence electrons. The van der Waals surface area contributed by atoms with E-state index >= 15 is 0 Å². The van der Waals surface area contributed by atoms with Crippen molar-refractivity contribution in [1.29, 1.82) is 0 Å². The molecule has 0 fully saturated rings. The molecule has 2 aromatic rings. The molecule has 0 aliphatic carbocycles. The molecule has 1 N–H and O–H groups in total. The SMILES string of the molecule is Cc1cc(OCCO)c2cc(F)ccc2n1. The lowest BCUT2D eigenvalue weighted by atomic mass is 10.2. The van der Waals surface area contributed by atoms with Crippen molar-refractivity contribution in [3.63, 3.8) is 0 Å². The van der Waals surface area contributed by atoms with Gasteiger partial charge >= 0.3 is 0 Å². The third-order valence-corrected chi connectivity index (χ3v) is 2.21. The molecule has 0 atom stereocenters. The Bertz CT molecular complexity index is 514. The summed E-state index contributed by atoms with van der Waals surface area (Å²) in [6.45, 7) is 1.96. The minimum absolute atomic E-state index is 0.0713. The van der Waals surface area contributed by atoms with Gasteiger partial charge in [0, 0.05) is 17.1 Å². The van der Waals surface area contributed by atoms with Crippen LogP contribution in [0.2, 0.25) is 0 Å². The van der Waals surface area contributed by atoms with Gasteiger partial charge in [0.2, 0.25) is 0 Å². The Morgan fingerprint density at radius 1 is 1.38 bits per heavy atom. The van der Waals surface area contributed by atoms with Crippen LogP contribution >= 0.6 is 0 Å². The number of hydrogen-bond acceptors (Lipinski definition) is 3. The molecule has 0 saturated heterocycles. The second-order valence-electron chi connectivity index (χ2n) is 3.50. The smallest absolute Gasteiger partial charge is 0.130 e. The summed E-state index contributed by atoms with van der Waals surface area (Å²) in [4.78, 5) is 4.28. The molecule has 0 amide bonds. The quantitative estimate of drug-likeness (QED) is 0.862. The Hall–Kier alpha value is -1.68. The molecule has 0 spiro atoms. The molecule has 1 aromatic carbocycles. The molecule has 0 bridgehead atoms. The van der Waals surface area contributed by atoms with E-state index in [1.54, 1.807) is 12.1 Å². The molecular formula is C12H12FNO2. The second-order valence-corrected chi connectivity index (χ2v) is 3.50. The molecule has 0 unspecified atom stereocenters. The molecule has 1 heterocycles. The maximum Gasteiger partial charge on any atom is 0.130 e. The number of halogens is 1. The first kappa shape index (κ1) is 10.8. The van der Waals surface area contributed by atoms with Gasteiger partial charge in [-0.3, -0.25) is 4.98 Å². The van der Waals surface area contributed by atoms with E-state index in [1.165, 1.54) is 12.1 Å². The second kappa shape index (κ2) is 4.45. The van der Waals surface area contributed by atoms with E-state index in [-0.39, 0.29) is 19.0 Å². The van der Waals surface area contributed by atoms with Crippen molar-refractivity contribution in [2.75, 3.05) is 13.2 Å². The van der Waals surface area contributed by atoms with E-state index in [9.17, 15) is 4.39 Å². The van der Waals surface area contributed by atoms with Gasteiger partial charge in [-0.25, -0.2) is 4.39 Å². The number of benzene rings is 1. The van der Waals surface area contributed by atoms with Crippen LogP contribution < -0.4 is 4.74 Å². The summed E-state index contributed by atoms with van der Waals surface area (Å²) < 4.78 is 18.5. The molecule has 0 radical (unpaired) electrons. The molecule has 0 saturated carbocycles. The summed E-state index contributed by atoms with van der Waals surface area (Å²) in [5.74, 6) is 0.225. The fourth-order valence-corrected chi connectivity index (χ4v) is 1.57. The van der Waals surface area contributed by atoms with Crippen molar-refractivity contribution in [2.24, 2.45) is 0 Å². The molecule has 0 aliphatic heterocycles. The molecular weight excluding hydrogens is 209 g/mol. The number of fused-ring (bicyclic) bond motifs is 1. The maximum atomic E-state index is 13.1. The fourth-order valence-electron chi connectivity index (χ4n) is 1.57. The van der Waals surface area contributed by atoms with E-state index in [1.807, 2.05) is 6.92 Å². The monoisotopic (exact) mass is 221 g/mol. The van der Waals surface area contributed by atoms with Crippen molar-refractivity contribution in [3.05, 3.63) is 35.8 Å². The highest BCUT2D eigenvalue weighted by molar-refractivity contribution is 5.85. The Labute approximate surface area is 92.5 Å². The maximum absolute atomic E-state index is 13.1. The number of rotatable bonds is 3. The predicted octanol–water partition coefficient (Wildman–Crippen LogP) is 2.05. The number of aliphatic hydroxyl groups excluding tert-OH is 1. The standard InChI is InChI=1S/C12H12FNO2/c1-8-6-12(16-5-4-15)10-7-9(13)2-3-11(10)14-8/h2-3,6-7,15H,4-5H2,1H3. The normalized spacial score (nSPS) is 10.7. The first-order chi connectivity index (χ1) is 7.70. The van der Waals surface area contributed by atoms with Crippen LogP contribution in [0.3, 0.4) is 0 Å². The van der Waals surface area contributed by atoms with Gasteiger partial charge < -0.3 is 9.84 Å². The minimum atomic E-state index is -0.327. The van der Waals surface area contributed by atoms with Gasteiger partial charge in [-0.2, -0.15) is 0 Å². The number of nitrogens with zero attached hydrogens (tertiary/aromatic N) is 1. The van der Waals surface area contributed by atoms with E-state index in [0.717, 1.165) is 5.69 Å². The van der Waals surface area contributed by atoms with Crippen LogP contribution in [-0.4, -0.2) is 23.3 Å². The zero-order chi connectivity index (χ0) is 11.5. The molecule has 3 nitrogen and oxygen atoms in total. The van der Waals surface area contributed by atoms with Crippen molar-refractivity contribution in [2.45, 2.75) is 6.92 Å². The van der Waals surface area contributed by atoms with E-state index in [0.29, 0.717) is 16.7 Å². The highest BCUT2D eigenvalue weighted by Gasteiger charge is 2.06. The lowest BCUT2D eigenvalue weighted by molar-refractivity contribution is 0.202. The first-order valence-corrected chi connectivity index (χ1v) is 5.01. The van der Waals surface area contributed by atoms with E-state index in [4.69, 9.17) is 9.84 Å². The highest BCUT2D eigenvalue weighted by Crippen LogP contribution is 2.26. The zero-order valence-electron chi connectivity index (χ0n) is 8.90. The van der Waals surface area contributed by atoms with Crippen LogP contribution in [0.25, 0.3) is 10.9 Å². The van der Waals surface area contributed by atoms with Crippen molar-refractivity contribution < 1.29 is 14.2 Å². The lowest BCUT2D eigenvalue weighted by Crippen LogP contribution is -2.03. The van der Waals surface area contributed by atoms with Crippen LogP contribution in [0.4, 0.5) is 4.39 Å². The van der Waals surface area contributed by atoms with Gasteiger partial charge in [0.1, 0.15) is 18.2 Å². The topological polar surface area (TPSA) is 42.4 Å². The van der Waals surface area contributed by atoms with Crippen LogP contribution in [0.15, 0.2) is 24.3 Å². The summed E-state index contributed by atoms with van der Waals surface area (Å²) in [6.07, 6.45) is 0. The number of aromatic nitrogens is 1. The largest absolute Gasteiger partial charge is 0.490 e. The number of ether oxygens (including phenoxy) is 1. The fraction of sp³-hybridized carbons (Fsp3) is 0.250. The average Bonchev–Trinajstić information content (AvgIpc) is 2.26. The highest BCUT2D eigenvalue weighted by atomic mass is 19.1.